The Bertz CT molecular complexity index is 730. The van der Waals surface area contributed by atoms with Gasteiger partial charge in [-0.1, -0.05) is 0 Å². The van der Waals surface area contributed by atoms with Crippen LogP contribution in [0, 0.1) is 5.92 Å². The van der Waals surface area contributed by atoms with Gasteiger partial charge in [-0.05, 0) is 44.9 Å². The van der Waals surface area contributed by atoms with E-state index in [0.717, 1.165) is 0 Å². The van der Waals surface area contributed by atoms with Crippen molar-refractivity contribution in [2.24, 2.45) is 11.7 Å². The van der Waals surface area contributed by atoms with Crippen LogP contribution < -0.4 is 15.8 Å². The van der Waals surface area contributed by atoms with Gasteiger partial charge in [0, 0.05) is 37.0 Å². The van der Waals surface area contributed by atoms with Gasteiger partial charge in [-0.15, -0.1) is 12.4 Å². The highest BCUT2D eigenvalue weighted by molar-refractivity contribution is 6.02. The number of hydrogen-bond acceptors (Lipinski definition) is 5. The summed E-state index contributed by atoms with van der Waals surface area (Å²) in [4.78, 5) is 38.4. The van der Waals surface area contributed by atoms with Gasteiger partial charge in [0.05, 0.1) is 5.69 Å². The first kappa shape index (κ1) is 21.2. The molecule has 0 radical (unpaired) electrons. The highest BCUT2D eigenvalue weighted by Crippen LogP contribution is 2.32. The first-order valence-electron chi connectivity index (χ1n) is 9.04. The lowest BCUT2D eigenvalue weighted by Crippen LogP contribution is -2.42. The van der Waals surface area contributed by atoms with Crippen LogP contribution in [0.2, 0.25) is 0 Å². The maximum Gasteiger partial charge on any atom is 0.265 e. The number of rotatable bonds is 4. The van der Waals surface area contributed by atoms with Crippen molar-refractivity contribution in [3.05, 3.63) is 23.8 Å². The minimum absolute atomic E-state index is 0. The van der Waals surface area contributed by atoms with Crippen LogP contribution in [0.25, 0.3) is 0 Å². The van der Waals surface area contributed by atoms with E-state index in [1.165, 1.54) is 0 Å². The molecule has 1 aromatic carbocycles. The Hall–Kier alpha value is -2.12. The van der Waals surface area contributed by atoms with Crippen LogP contribution in [0.1, 0.15) is 43.5 Å². The average molecular weight is 396 g/mol. The summed E-state index contributed by atoms with van der Waals surface area (Å²) in [5, 5.41) is 2.77. The molecule has 2 aliphatic heterocycles. The molecule has 0 saturated carbocycles. The molecule has 1 fully saturated rings. The third-order valence-electron chi connectivity index (χ3n) is 4.91. The number of nitrogens with one attached hydrogen (secondary N) is 1. The van der Waals surface area contributed by atoms with Crippen molar-refractivity contribution in [1.82, 2.24) is 4.90 Å². The fourth-order valence-corrected chi connectivity index (χ4v) is 3.39. The number of halogens is 1. The number of benzene rings is 1. The Balaban J connectivity index is 0.00000261. The lowest BCUT2D eigenvalue weighted by Gasteiger charge is -2.32. The third kappa shape index (κ3) is 4.78. The molecule has 1 aromatic rings. The predicted molar refractivity (Wildman–Crippen MR) is 104 cm³/mol. The lowest BCUT2D eigenvalue weighted by atomic mass is 9.88. The van der Waals surface area contributed by atoms with Gasteiger partial charge >= 0.3 is 0 Å². The molecule has 0 aromatic heterocycles. The Kier molecular flexibility index (Phi) is 6.84. The van der Waals surface area contributed by atoms with Crippen molar-refractivity contribution in [3.8, 4) is 5.75 Å². The SMILES string of the molecule is CC(N)CC(=O)N1CCC(C(=O)c2ccc3c(c2)NC(=O)C(C)O3)CC1.Cl. The second-order valence-corrected chi connectivity index (χ2v) is 7.16. The minimum atomic E-state index is -0.540. The maximum absolute atomic E-state index is 12.8. The van der Waals surface area contributed by atoms with Crippen molar-refractivity contribution in [3.63, 3.8) is 0 Å². The molecule has 2 aliphatic rings. The van der Waals surface area contributed by atoms with E-state index in [1.54, 1.807) is 30.0 Å². The van der Waals surface area contributed by atoms with Gasteiger partial charge < -0.3 is 20.7 Å². The van der Waals surface area contributed by atoms with Crippen molar-refractivity contribution >= 4 is 35.7 Å². The molecule has 1 saturated heterocycles. The summed E-state index contributed by atoms with van der Waals surface area (Å²) in [6, 6.07) is 4.98. The summed E-state index contributed by atoms with van der Waals surface area (Å²) >= 11 is 0. The smallest absolute Gasteiger partial charge is 0.265 e. The number of fused-ring (bicyclic) bond motifs is 1. The van der Waals surface area contributed by atoms with E-state index in [0.29, 0.717) is 49.4 Å². The number of carbonyl (C=O) groups excluding carboxylic acids is 3. The van der Waals surface area contributed by atoms with E-state index in [9.17, 15) is 14.4 Å². The molecule has 0 bridgehead atoms. The van der Waals surface area contributed by atoms with Gasteiger partial charge in [-0.2, -0.15) is 0 Å². The quantitative estimate of drug-likeness (QED) is 0.759. The van der Waals surface area contributed by atoms with Crippen LogP contribution in [0.3, 0.4) is 0 Å². The van der Waals surface area contributed by atoms with E-state index < -0.39 is 6.10 Å². The number of hydrogen-bond donors (Lipinski definition) is 2. The van der Waals surface area contributed by atoms with Crippen molar-refractivity contribution in [1.29, 1.82) is 0 Å². The molecular formula is C19H26ClN3O4. The molecule has 0 spiro atoms. The van der Waals surface area contributed by atoms with Crippen molar-refractivity contribution in [2.75, 3.05) is 18.4 Å². The molecule has 148 valence electrons. The highest BCUT2D eigenvalue weighted by Gasteiger charge is 2.30. The molecular weight excluding hydrogens is 370 g/mol. The lowest BCUT2D eigenvalue weighted by molar-refractivity contribution is -0.132. The zero-order valence-corrected chi connectivity index (χ0v) is 16.4. The Morgan fingerprint density at radius 3 is 2.63 bits per heavy atom. The van der Waals surface area contributed by atoms with Gasteiger partial charge in [-0.25, -0.2) is 0 Å². The monoisotopic (exact) mass is 395 g/mol. The second-order valence-electron chi connectivity index (χ2n) is 7.16. The van der Waals surface area contributed by atoms with Gasteiger partial charge in [0.1, 0.15) is 5.75 Å². The Morgan fingerprint density at radius 2 is 2.00 bits per heavy atom. The molecule has 2 unspecified atom stereocenters. The molecule has 3 N–H and O–H groups in total. The zero-order chi connectivity index (χ0) is 18.8. The number of anilines is 1. The van der Waals surface area contributed by atoms with Crippen LogP contribution in [-0.2, 0) is 9.59 Å². The van der Waals surface area contributed by atoms with Gasteiger partial charge in [0.2, 0.25) is 5.91 Å². The molecule has 0 aliphatic carbocycles. The number of Topliss-reactive ketones (excluding diaryl/α,β-unsaturated/α-hetero) is 1. The van der Waals surface area contributed by atoms with E-state index in [2.05, 4.69) is 5.32 Å². The fourth-order valence-electron chi connectivity index (χ4n) is 3.39. The number of nitrogens with zero attached hydrogens (tertiary/aromatic N) is 1. The number of piperidine rings is 1. The molecule has 7 nitrogen and oxygen atoms in total. The largest absolute Gasteiger partial charge is 0.479 e. The molecule has 2 amide bonds. The normalized spacial score (nSPS) is 20.6. The van der Waals surface area contributed by atoms with Crippen molar-refractivity contribution in [2.45, 2.75) is 45.3 Å². The van der Waals surface area contributed by atoms with E-state index in [4.69, 9.17) is 10.5 Å². The summed E-state index contributed by atoms with van der Waals surface area (Å²) < 4.78 is 5.52. The Labute approximate surface area is 165 Å². The van der Waals surface area contributed by atoms with Crippen LogP contribution in [0.15, 0.2) is 18.2 Å². The van der Waals surface area contributed by atoms with Crippen LogP contribution in [0.4, 0.5) is 5.69 Å². The van der Waals surface area contributed by atoms with Gasteiger partial charge in [0.25, 0.3) is 5.91 Å². The predicted octanol–water partition coefficient (Wildman–Crippen LogP) is 1.99. The third-order valence-corrected chi connectivity index (χ3v) is 4.91. The Morgan fingerprint density at radius 1 is 1.33 bits per heavy atom. The number of nitrogens with two attached hydrogens (primary N) is 1. The number of carbonyl (C=O) groups is 3. The fraction of sp³-hybridized carbons (Fsp3) is 0.526. The number of ketones is 1. The molecule has 2 heterocycles. The maximum atomic E-state index is 12.8. The first-order valence-corrected chi connectivity index (χ1v) is 9.04. The summed E-state index contributed by atoms with van der Waals surface area (Å²) in [5.74, 6) is 0.327. The van der Waals surface area contributed by atoms with Crippen LogP contribution in [0.5, 0.6) is 5.75 Å². The van der Waals surface area contributed by atoms with Crippen LogP contribution in [-0.4, -0.2) is 47.7 Å². The number of likely N-dealkylation sites (tertiary alicyclic amines) is 1. The van der Waals surface area contributed by atoms with Gasteiger partial charge in [-0.3, -0.25) is 14.4 Å². The van der Waals surface area contributed by atoms with Gasteiger partial charge in [0.15, 0.2) is 11.9 Å². The molecule has 3 rings (SSSR count). The standard InChI is InChI=1S/C19H25N3O4.ClH/c1-11(20)9-17(23)22-7-5-13(6-8-22)18(24)14-3-4-16-15(10-14)21-19(25)12(2)26-16;/h3-4,10-13H,5-9,20H2,1-2H3,(H,21,25);1H. The minimum Gasteiger partial charge on any atom is -0.479 e. The summed E-state index contributed by atoms with van der Waals surface area (Å²) in [6.07, 6.45) is 1.07. The van der Waals surface area contributed by atoms with E-state index in [1.807, 2.05) is 6.92 Å². The average Bonchev–Trinajstić information content (AvgIpc) is 2.61. The number of ether oxygens (including phenoxy) is 1. The molecule has 8 heteroatoms. The first-order chi connectivity index (χ1) is 12.3. The van der Waals surface area contributed by atoms with Crippen LogP contribution >= 0.6 is 12.4 Å². The zero-order valence-electron chi connectivity index (χ0n) is 15.6. The summed E-state index contributed by atoms with van der Waals surface area (Å²) in [5.41, 5.74) is 6.77. The molecule has 27 heavy (non-hydrogen) atoms. The van der Waals surface area contributed by atoms with E-state index >= 15 is 0 Å². The molecule has 2 atom stereocenters. The van der Waals surface area contributed by atoms with E-state index in [-0.39, 0.29) is 42.0 Å². The second kappa shape index (κ2) is 8.71. The van der Waals surface area contributed by atoms with Crippen molar-refractivity contribution < 1.29 is 19.1 Å². The topological polar surface area (TPSA) is 102 Å². The summed E-state index contributed by atoms with van der Waals surface area (Å²) in [7, 11) is 0. The highest BCUT2D eigenvalue weighted by atomic mass is 35.5. The summed E-state index contributed by atoms with van der Waals surface area (Å²) in [6.45, 7) is 4.64. The number of amides is 2.